The molecule has 0 bridgehead atoms. The van der Waals surface area contributed by atoms with Gasteiger partial charge in [0.15, 0.2) is 0 Å². The molecule has 1 aliphatic rings. The van der Waals surface area contributed by atoms with Crippen molar-refractivity contribution in [1.29, 1.82) is 0 Å². The summed E-state index contributed by atoms with van der Waals surface area (Å²) in [6.45, 7) is 3.32. The van der Waals surface area contributed by atoms with Crippen LogP contribution >= 0.6 is 0 Å². The Bertz CT molecular complexity index is 682. The van der Waals surface area contributed by atoms with Crippen LogP contribution in [0.4, 0.5) is 5.69 Å². The van der Waals surface area contributed by atoms with Crippen molar-refractivity contribution in [3.05, 3.63) is 59.2 Å². The van der Waals surface area contributed by atoms with Gasteiger partial charge in [-0.3, -0.25) is 4.79 Å². The van der Waals surface area contributed by atoms with Gasteiger partial charge in [0.25, 0.3) is 0 Å². The highest BCUT2D eigenvalue weighted by Gasteiger charge is 2.26. The Morgan fingerprint density at radius 2 is 2.10 bits per heavy atom. The van der Waals surface area contributed by atoms with Gasteiger partial charge in [-0.2, -0.15) is 0 Å². The molecule has 0 aromatic heterocycles. The molecule has 0 fully saturated rings. The first-order valence-electron chi connectivity index (χ1n) is 7.04. The summed E-state index contributed by atoms with van der Waals surface area (Å²) in [5, 5.41) is 15.9. The van der Waals surface area contributed by atoms with E-state index in [-0.39, 0.29) is 17.6 Å². The Balaban J connectivity index is 1.85. The maximum atomic E-state index is 12.5. The molecular weight excluding hydrogens is 264 g/mol. The number of phenols is 1. The van der Waals surface area contributed by atoms with Crippen LogP contribution in [-0.2, 0) is 11.3 Å². The number of aromatic hydroxyl groups is 1. The van der Waals surface area contributed by atoms with Crippen LogP contribution in [0.5, 0.6) is 5.75 Å². The van der Waals surface area contributed by atoms with E-state index in [0.29, 0.717) is 12.2 Å². The number of amides is 1. The summed E-state index contributed by atoms with van der Waals surface area (Å²) in [7, 11) is 0. The SMILES string of the molecule is Cc1ccc(O)c(NC(=O)C2CNCc3ccccc32)c1. The van der Waals surface area contributed by atoms with E-state index in [1.807, 2.05) is 37.3 Å². The Kier molecular flexibility index (Phi) is 3.62. The zero-order valence-electron chi connectivity index (χ0n) is 11.9. The second kappa shape index (κ2) is 5.58. The molecule has 1 atom stereocenters. The molecule has 4 heteroatoms. The lowest BCUT2D eigenvalue weighted by Gasteiger charge is -2.25. The van der Waals surface area contributed by atoms with E-state index in [0.717, 1.165) is 23.2 Å². The molecule has 3 rings (SSSR count). The normalized spacial score (nSPS) is 17.1. The zero-order valence-corrected chi connectivity index (χ0v) is 11.9. The molecule has 2 aromatic rings. The quantitative estimate of drug-likeness (QED) is 0.742. The molecule has 108 valence electrons. The number of carbonyl (C=O) groups is 1. The van der Waals surface area contributed by atoms with Gasteiger partial charge in [-0.25, -0.2) is 0 Å². The first-order chi connectivity index (χ1) is 10.1. The molecule has 3 N–H and O–H groups in total. The van der Waals surface area contributed by atoms with Crippen LogP contribution in [0.15, 0.2) is 42.5 Å². The average molecular weight is 282 g/mol. The molecule has 1 aliphatic heterocycles. The minimum atomic E-state index is -0.241. The highest BCUT2D eigenvalue weighted by molar-refractivity contribution is 5.97. The van der Waals surface area contributed by atoms with Gasteiger partial charge < -0.3 is 15.7 Å². The molecular formula is C17H18N2O2. The first kappa shape index (κ1) is 13.6. The lowest BCUT2D eigenvalue weighted by molar-refractivity contribution is -0.117. The highest BCUT2D eigenvalue weighted by Crippen LogP contribution is 2.28. The van der Waals surface area contributed by atoms with E-state index in [1.165, 1.54) is 0 Å². The molecule has 1 heterocycles. The van der Waals surface area contributed by atoms with Crippen molar-refractivity contribution < 1.29 is 9.90 Å². The van der Waals surface area contributed by atoms with Gasteiger partial charge >= 0.3 is 0 Å². The number of nitrogens with one attached hydrogen (secondary N) is 2. The Labute approximate surface area is 123 Å². The van der Waals surface area contributed by atoms with Crippen molar-refractivity contribution in [3.63, 3.8) is 0 Å². The maximum Gasteiger partial charge on any atom is 0.233 e. The number of hydrogen-bond acceptors (Lipinski definition) is 3. The summed E-state index contributed by atoms with van der Waals surface area (Å²) in [4.78, 5) is 12.5. The van der Waals surface area contributed by atoms with Crippen LogP contribution in [0, 0.1) is 6.92 Å². The van der Waals surface area contributed by atoms with E-state index in [4.69, 9.17) is 0 Å². The van der Waals surface area contributed by atoms with Crippen molar-refractivity contribution in [3.8, 4) is 5.75 Å². The van der Waals surface area contributed by atoms with E-state index >= 15 is 0 Å². The summed E-state index contributed by atoms with van der Waals surface area (Å²) in [5.74, 6) is -0.253. The lowest BCUT2D eigenvalue weighted by atomic mass is 9.90. The molecule has 0 spiro atoms. The molecule has 0 saturated heterocycles. The van der Waals surface area contributed by atoms with Gasteiger partial charge in [-0.05, 0) is 35.7 Å². The maximum absolute atomic E-state index is 12.5. The van der Waals surface area contributed by atoms with Crippen LogP contribution in [0.1, 0.15) is 22.6 Å². The molecule has 2 aromatic carbocycles. The largest absolute Gasteiger partial charge is 0.506 e. The summed E-state index contributed by atoms with van der Waals surface area (Å²) < 4.78 is 0. The predicted molar refractivity (Wildman–Crippen MR) is 82.4 cm³/mol. The van der Waals surface area contributed by atoms with E-state index < -0.39 is 0 Å². The highest BCUT2D eigenvalue weighted by atomic mass is 16.3. The number of hydrogen-bond donors (Lipinski definition) is 3. The number of fused-ring (bicyclic) bond motifs is 1. The molecule has 4 nitrogen and oxygen atoms in total. The van der Waals surface area contributed by atoms with Crippen LogP contribution in [-0.4, -0.2) is 17.6 Å². The zero-order chi connectivity index (χ0) is 14.8. The average Bonchev–Trinajstić information content (AvgIpc) is 2.50. The third-order valence-electron chi connectivity index (χ3n) is 3.82. The van der Waals surface area contributed by atoms with Crippen molar-refractivity contribution >= 4 is 11.6 Å². The fourth-order valence-electron chi connectivity index (χ4n) is 2.70. The second-order valence-corrected chi connectivity index (χ2v) is 5.39. The molecule has 0 aliphatic carbocycles. The number of carbonyl (C=O) groups excluding carboxylic acids is 1. The number of aryl methyl sites for hydroxylation is 1. The van der Waals surface area contributed by atoms with E-state index in [2.05, 4.69) is 10.6 Å². The summed E-state index contributed by atoms with van der Waals surface area (Å²) >= 11 is 0. The summed E-state index contributed by atoms with van der Waals surface area (Å²) in [6, 6.07) is 13.1. The fraction of sp³-hybridized carbons (Fsp3) is 0.235. The van der Waals surface area contributed by atoms with Gasteiger partial charge in [0.05, 0.1) is 11.6 Å². The van der Waals surface area contributed by atoms with Crippen molar-refractivity contribution in [2.24, 2.45) is 0 Å². The van der Waals surface area contributed by atoms with Gasteiger partial charge in [-0.15, -0.1) is 0 Å². The minimum Gasteiger partial charge on any atom is -0.506 e. The number of benzene rings is 2. The molecule has 1 amide bonds. The number of rotatable bonds is 2. The van der Waals surface area contributed by atoms with Crippen molar-refractivity contribution in [2.75, 3.05) is 11.9 Å². The molecule has 21 heavy (non-hydrogen) atoms. The topological polar surface area (TPSA) is 61.4 Å². The predicted octanol–water partition coefficient (Wildman–Crippen LogP) is 2.53. The Hall–Kier alpha value is -2.33. The monoisotopic (exact) mass is 282 g/mol. The molecule has 0 saturated carbocycles. The minimum absolute atomic E-state index is 0.0889. The van der Waals surface area contributed by atoms with Gasteiger partial charge in [0.1, 0.15) is 5.75 Å². The van der Waals surface area contributed by atoms with Crippen LogP contribution < -0.4 is 10.6 Å². The van der Waals surface area contributed by atoms with Gasteiger partial charge in [0, 0.05) is 13.1 Å². The van der Waals surface area contributed by atoms with Crippen LogP contribution in [0.2, 0.25) is 0 Å². The fourth-order valence-corrected chi connectivity index (χ4v) is 2.70. The Morgan fingerprint density at radius 1 is 1.29 bits per heavy atom. The third kappa shape index (κ3) is 2.76. The van der Waals surface area contributed by atoms with E-state index in [9.17, 15) is 9.90 Å². The van der Waals surface area contributed by atoms with Gasteiger partial charge in [-0.1, -0.05) is 30.3 Å². The standard InChI is InChI=1S/C17H18N2O2/c1-11-6-7-16(20)15(8-11)19-17(21)14-10-18-9-12-4-2-3-5-13(12)14/h2-8,14,18,20H,9-10H2,1H3,(H,19,21). The molecule has 1 unspecified atom stereocenters. The first-order valence-corrected chi connectivity index (χ1v) is 7.04. The van der Waals surface area contributed by atoms with E-state index in [1.54, 1.807) is 12.1 Å². The van der Waals surface area contributed by atoms with Crippen LogP contribution in [0.3, 0.4) is 0 Å². The van der Waals surface area contributed by atoms with Crippen molar-refractivity contribution in [1.82, 2.24) is 5.32 Å². The Morgan fingerprint density at radius 3 is 2.95 bits per heavy atom. The van der Waals surface area contributed by atoms with Crippen molar-refractivity contribution in [2.45, 2.75) is 19.4 Å². The number of phenolic OH excluding ortho intramolecular Hbond substituents is 1. The lowest BCUT2D eigenvalue weighted by Crippen LogP contribution is -2.35. The second-order valence-electron chi connectivity index (χ2n) is 5.39. The summed E-state index contributed by atoms with van der Waals surface area (Å²) in [6.07, 6.45) is 0. The van der Waals surface area contributed by atoms with Crippen LogP contribution in [0.25, 0.3) is 0 Å². The molecule has 0 radical (unpaired) electrons. The smallest absolute Gasteiger partial charge is 0.233 e. The number of anilines is 1. The third-order valence-corrected chi connectivity index (χ3v) is 3.82. The summed E-state index contributed by atoms with van der Waals surface area (Å²) in [5.41, 5.74) is 3.66. The van der Waals surface area contributed by atoms with Gasteiger partial charge in [0.2, 0.25) is 5.91 Å².